The van der Waals surface area contributed by atoms with Gasteiger partial charge in [0.25, 0.3) is 11.8 Å². The van der Waals surface area contributed by atoms with E-state index in [4.69, 9.17) is 4.74 Å². The average molecular weight is 400 g/mol. The molecule has 0 heterocycles. The largest absolute Gasteiger partial charge is 0.457 e. The molecule has 0 aliphatic carbocycles. The van der Waals surface area contributed by atoms with Gasteiger partial charge in [0.15, 0.2) is 0 Å². The zero-order valence-electron chi connectivity index (χ0n) is 17.3. The molecule has 1 N–H and O–H groups in total. The summed E-state index contributed by atoms with van der Waals surface area (Å²) >= 11 is 0. The third-order valence-electron chi connectivity index (χ3n) is 4.35. The smallest absolute Gasteiger partial charge is 0.269 e. The molecule has 0 unspecified atom stereocenters. The van der Waals surface area contributed by atoms with Crippen LogP contribution in [-0.2, 0) is 4.79 Å². The molecular weight excluding hydrogens is 376 g/mol. The van der Waals surface area contributed by atoms with Crippen molar-refractivity contribution < 1.29 is 14.3 Å². The molecule has 0 aliphatic heterocycles. The zero-order valence-corrected chi connectivity index (χ0v) is 17.3. The minimum Gasteiger partial charge on any atom is -0.457 e. The van der Waals surface area contributed by atoms with E-state index in [0.717, 1.165) is 16.9 Å². The van der Waals surface area contributed by atoms with Gasteiger partial charge in [-0.3, -0.25) is 9.59 Å². The zero-order chi connectivity index (χ0) is 21.5. The Hall–Kier alpha value is -3.86. The topological polar surface area (TPSA) is 58.6 Å². The highest BCUT2D eigenvalue weighted by molar-refractivity contribution is 6.05. The van der Waals surface area contributed by atoms with Crippen LogP contribution in [0.1, 0.15) is 21.5 Å². The summed E-state index contributed by atoms with van der Waals surface area (Å²) in [5, 5.41) is 2.74. The van der Waals surface area contributed by atoms with Crippen molar-refractivity contribution in [3.63, 3.8) is 0 Å². The molecule has 152 valence electrons. The number of ether oxygens (including phenoxy) is 1. The van der Waals surface area contributed by atoms with Crippen LogP contribution < -0.4 is 10.1 Å². The molecule has 5 heteroatoms. The molecule has 3 rings (SSSR count). The number of amides is 2. The molecule has 0 saturated carbocycles. The first kappa shape index (κ1) is 20.9. The van der Waals surface area contributed by atoms with Crippen LogP contribution in [0.5, 0.6) is 11.5 Å². The van der Waals surface area contributed by atoms with Gasteiger partial charge in [-0.2, -0.15) is 0 Å². The molecule has 0 saturated heterocycles. The number of carbonyl (C=O) groups is 2. The molecule has 5 nitrogen and oxygen atoms in total. The second kappa shape index (κ2) is 9.56. The number of rotatable bonds is 6. The van der Waals surface area contributed by atoms with E-state index >= 15 is 0 Å². The lowest BCUT2D eigenvalue weighted by molar-refractivity contribution is -0.124. The molecule has 0 aromatic heterocycles. The summed E-state index contributed by atoms with van der Waals surface area (Å²) in [4.78, 5) is 26.7. The Labute approximate surface area is 176 Å². The maximum Gasteiger partial charge on any atom is 0.269 e. The highest BCUT2D eigenvalue weighted by atomic mass is 16.5. The van der Waals surface area contributed by atoms with Gasteiger partial charge in [-0.25, -0.2) is 0 Å². The van der Waals surface area contributed by atoms with Crippen molar-refractivity contribution in [2.75, 3.05) is 14.1 Å². The number of benzene rings is 3. The second-order valence-corrected chi connectivity index (χ2v) is 7.07. The fraction of sp³-hybridized carbons (Fsp3) is 0.120. The van der Waals surface area contributed by atoms with Crippen molar-refractivity contribution in [1.82, 2.24) is 10.2 Å². The summed E-state index contributed by atoms with van der Waals surface area (Å²) in [7, 11) is 3.28. The van der Waals surface area contributed by atoms with Crippen LogP contribution in [0.4, 0.5) is 0 Å². The molecular formula is C25H24N2O3. The molecule has 0 aliphatic rings. The summed E-state index contributed by atoms with van der Waals surface area (Å²) in [6.07, 6.45) is 1.65. The Kier molecular flexibility index (Phi) is 6.65. The minimum absolute atomic E-state index is 0.183. The first-order chi connectivity index (χ1) is 14.4. The SMILES string of the molecule is Cc1ccc(C(=O)NC(=Cc2cccc(Oc3ccccc3)c2)C(=O)N(C)C)cc1. The monoisotopic (exact) mass is 400 g/mol. The lowest BCUT2D eigenvalue weighted by Gasteiger charge is -2.15. The van der Waals surface area contributed by atoms with Gasteiger partial charge in [0, 0.05) is 19.7 Å². The predicted octanol–water partition coefficient (Wildman–Crippen LogP) is 4.65. The second-order valence-electron chi connectivity index (χ2n) is 7.07. The van der Waals surface area contributed by atoms with E-state index in [1.807, 2.05) is 73.7 Å². The Morgan fingerprint density at radius 3 is 2.20 bits per heavy atom. The van der Waals surface area contributed by atoms with Gasteiger partial charge in [-0.05, 0) is 55.0 Å². The normalized spacial score (nSPS) is 11.0. The van der Waals surface area contributed by atoms with Crippen molar-refractivity contribution in [3.05, 3.63) is 101 Å². The van der Waals surface area contributed by atoms with Crippen LogP contribution in [0.3, 0.4) is 0 Å². The number of hydrogen-bond acceptors (Lipinski definition) is 3. The van der Waals surface area contributed by atoms with E-state index < -0.39 is 0 Å². The van der Waals surface area contributed by atoms with Gasteiger partial charge in [0.1, 0.15) is 17.2 Å². The lowest BCUT2D eigenvalue weighted by Crippen LogP contribution is -2.34. The Morgan fingerprint density at radius 1 is 0.867 bits per heavy atom. The van der Waals surface area contributed by atoms with Crippen molar-refractivity contribution in [2.24, 2.45) is 0 Å². The number of aryl methyl sites for hydroxylation is 1. The van der Waals surface area contributed by atoms with Crippen molar-refractivity contribution in [2.45, 2.75) is 6.92 Å². The highest BCUT2D eigenvalue weighted by Crippen LogP contribution is 2.23. The minimum atomic E-state index is -0.340. The number of nitrogens with zero attached hydrogens (tertiary/aromatic N) is 1. The Balaban J connectivity index is 1.86. The maximum atomic E-state index is 12.7. The average Bonchev–Trinajstić information content (AvgIpc) is 2.74. The van der Waals surface area contributed by atoms with E-state index in [0.29, 0.717) is 11.3 Å². The van der Waals surface area contributed by atoms with Crippen LogP contribution in [-0.4, -0.2) is 30.8 Å². The van der Waals surface area contributed by atoms with Crippen LogP contribution in [0.15, 0.2) is 84.6 Å². The fourth-order valence-corrected chi connectivity index (χ4v) is 2.75. The molecule has 30 heavy (non-hydrogen) atoms. The molecule has 3 aromatic rings. The first-order valence-corrected chi connectivity index (χ1v) is 9.57. The van der Waals surface area contributed by atoms with Crippen molar-refractivity contribution in [3.8, 4) is 11.5 Å². The van der Waals surface area contributed by atoms with Crippen molar-refractivity contribution in [1.29, 1.82) is 0 Å². The van der Waals surface area contributed by atoms with E-state index in [9.17, 15) is 9.59 Å². The van der Waals surface area contributed by atoms with E-state index in [-0.39, 0.29) is 17.5 Å². The third kappa shape index (κ3) is 5.58. The van der Waals surface area contributed by atoms with Gasteiger partial charge in [-0.15, -0.1) is 0 Å². The van der Waals surface area contributed by atoms with Crippen molar-refractivity contribution >= 4 is 17.9 Å². The Morgan fingerprint density at radius 2 is 1.53 bits per heavy atom. The molecule has 3 aromatic carbocycles. The fourth-order valence-electron chi connectivity index (χ4n) is 2.75. The van der Waals surface area contributed by atoms with Gasteiger partial charge in [0.05, 0.1) is 0 Å². The molecule has 2 amide bonds. The summed E-state index contributed by atoms with van der Waals surface area (Å²) in [5.74, 6) is 0.713. The van der Waals surface area contributed by atoms with Gasteiger partial charge in [0.2, 0.25) is 0 Å². The van der Waals surface area contributed by atoms with Crippen LogP contribution in [0.2, 0.25) is 0 Å². The lowest BCUT2D eigenvalue weighted by atomic mass is 10.1. The van der Waals surface area contributed by atoms with Crippen LogP contribution >= 0.6 is 0 Å². The van der Waals surface area contributed by atoms with E-state index in [2.05, 4.69) is 5.32 Å². The molecule has 0 radical (unpaired) electrons. The van der Waals surface area contributed by atoms with Gasteiger partial charge in [-0.1, -0.05) is 48.0 Å². The van der Waals surface area contributed by atoms with Crippen LogP contribution in [0, 0.1) is 6.92 Å². The molecule has 0 spiro atoms. The summed E-state index contributed by atoms with van der Waals surface area (Å²) in [5.41, 5.74) is 2.46. The van der Waals surface area contributed by atoms with Gasteiger partial charge >= 0.3 is 0 Å². The predicted molar refractivity (Wildman–Crippen MR) is 118 cm³/mol. The first-order valence-electron chi connectivity index (χ1n) is 9.57. The number of hydrogen-bond donors (Lipinski definition) is 1. The Bertz CT molecular complexity index is 1060. The van der Waals surface area contributed by atoms with Gasteiger partial charge < -0.3 is 15.0 Å². The maximum absolute atomic E-state index is 12.7. The van der Waals surface area contributed by atoms with E-state index in [1.54, 1.807) is 32.3 Å². The third-order valence-corrected chi connectivity index (χ3v) is 4.35. The highest BCUT2D eigenvalue weighted by Gasteiger charge is 2.16. The summed E-state index contributed by atoms with van der Waals surface area (Å²) < 4.78 is 5.86. The summed E-state index contributed by atoms with van der Waals surface area (Å²) in [6, 6.07) is 24.0. The number of para-hydroxylation sites is 1. The number of nitrogens with one attached hydrogen (secondary N) is 1. The molecule has 0 fully saturated rings. The quantitative estimate of drug-likeness (QED) is 0.613. The summed E-state index contributed by atoms with van der Waals surface area (Å²) in [6.45, 7) is 1.95. The van der Waals surface area contributed by atoms with E-state index in [1.165, 1.54) is 4.90 Å². The standard InChI is InChI=1S/C25H24N2O3/c1-18-12-14-20(15-13-18)24(28)26-23(25(29)27(2)3)17-19-8-7-11-22(16-19)30-21-9-5-4-6-10-21/h4-17H,1-3H3,(H,26,28). The number of carbonyl (C=O) groups excluding carboxylic acids is 2. The van der Waals surface area contributed by atoms with Crippen LogP contribution in [0.25, 0.3) is 6.08 Å². The molecule has 0 bridgehead atoms. The number of likely N-dealkylation sites (N-methyl/N-ethyl adjacent to an activating group) is 1. The molecule has 0 atom stereocenters.